The fourth-order valence-corrected chi connectivity index (χ4v) is 9.05. The number of aryl methyl sites for hydroxylation is 2. The molecule has 7 rings (SSSR count). The molecule has 1 aliphatic rings. The van der Waals surface area contributed by atoms with Crippen molar-refractivity contribution in [3.8, 4) is 33.6 Å². The van der Waals surface area contributed by atoms with E-state index in [4.69, 9.17) is 4.98 Å². The molecule has 0 atom stereocenters. The van der Waals surface area contributed by atoms with Crippen LogP contribution in [0.4, 0.5) is 0 Å². The van der Waals surface area contributed by atoms with Crippen LogP contribution in [0.5, 0.6) is 0 Å². The lowest BCUT2D eigenvalue weighted by Crippen LogP contribution is -2.43. The summed E-state index contributed by atoms with van der Waals surface area (Å²) in [6.07, 6.45) is 0. The summed E-state index contributed by atoms with van der Waals surface area (Å²) in [4.78, 5) is 35.2. The van der Waals surface area contributed by atoms with E-state index in [1.807, 2.05) is 47.0 Å². The molecule has 0 saturated carbocycles. The van der Waals surface area contributed by atoms with Gasteiger partial charge in [-0.05, 0) is 55.3 Å². The maximum Gasteiger partial charge on any atom is 0.345 e. The second-order valence-electron chi connectivity index (χ2n) is 11.0. The van der Waals surface area contributed by atoms with Crippen molar-refractivity contribution in [1.82, 2.24) is 14.5 Å². The Kier molecular flexibility index (Phi) is 7.44. The molecule has 0 spiro atoms. The van der Waals surface area contributed by atoms with Crippen LogP contribution in [0.3, 0.4) is 0 Å². The molecule has 10 heteroatoms. The van der Waals surface area contributed by atoms with Gasteiger partial charge in [0.05, 0.1) is 27.1 Å². The van der Waals surface area contributed by atoms with Gasteiger partial charge in [-0.1, -0.05) is 42.5 Å². The number of amides is 1. The Hall–Kier alpha value is -4.12. The Morgan fingerprint density at radius 3 is 2.41 bits per heavy atom. The van der Waals surface area contributed by atoms with E-state index in [1.54, 1.807) is 22.3 Å². The van der Waals surface area contributed by atoms with Crippen molar-refractivity contribution in [3.05, 3.63) is 87.4 Å². The largest absolute Gasteiger partial charge is 0.477 e. The molecule has 1 fully saturated rings. The normalized spacial score (nSPS) is 14.1. The minimum absolute atomic E-state index is 0.0487. The number of hydrogen-bond acceptors (Lipinski definition) is 6. The fraction of sp³-hybridized carbons (Fsp3) is 0.206. The van der Waals surface area contributed by atoms with Gasteiger partial charge in [0, 0.05) is 61.7 Å². The lowest BCUT2D eigenvalue weighted by molar-refractivity contribution is -0.131. The van der Waals surface area contributed by atoms with Crippen LogP contribution >= 0.6 is 22.7 Å². The molecule has 0 unspecified atom stereocenters. The maximum absolute atomic E-state index is 13.7. The highest BCUT2D eigenvalue weighted by atomic mass is 32.2. The number of aromatic carboxylic acids is 1. The zero-order valence-electron chi connectivity index (χ0n) is 24.2. The topological polar surface area (TPSA) is 92.5 Å². The molecular formula is C34H29N3O4S3. The van der Waals surface area contributed by atoms with Gasteiger partial charge in [-0.25, -0.2) is 9.78 Å². The predicted molar refractivity (Wildman–Crippen MR) is 180 cm³/mol. The molecule has 2 aromatic carbocycles. The Bertz CT molecular complexity index is 2100. The van der Waals surface area contributed by atoms with Gasteiger partial charge in [0.1, 0.15) is 11.4 Å². The van der Waals surface area contributed by atoms with E-state index in [1.165, 1.54) is 21.1 Å². The summed E-state index contributed by atoms with van der Waals surface area (Å²) < 4.78 is 14.8. The average Bonchev–Trinajstić information content (AvgIpc) is 3.69. The molecule has 0 radical (unpaired) electrons. The molecule has 44 heavy (non-hydrogen) atoms. The zero-order chi connectivity index (χ0) is 30.5. The summed E-state index contributed by atoms with van der Waals surface area (Å²) in [5.74, 6) is -0.121. The van der Waals surface area contributed by atoms with Gasteiger partial charge < -0.3 is 14.6 Å². The average molecular weight is 640 g/mol. The summed E-state index contributed by atoms with van der Waals surface area (Å²) >= 11 is 3.00. The molecule has 1 saturated heterocycles. The minimum atomic E-state index is -0.994. The summed E-state index contributed by atoms with van der Waals surface area (Å²) in [6.45, 7) is 5.18. The molecule has 6 aromatic rings. The van der Waals surface area contributed by atoms with E-state index in [-0.39, 0.29) is 17.3 Å². The number of thiophene rings is 2. The summed E-state index contributed by atoms with van der Waals surface area (Å²) in [5.41, 5.74) is 7.30. The third kappa shape index (κ3) is 5.16. The van der Waals surface area contributed by atoms with E-state index in [0.29, 0.717) is 30.1 Å². The van der Waals surface area contributed by atoms with Gasteiger partial charge in [0.25, 0.3) is 0 Å². The number of aromatic nitrogens is 2. The second-order valence-corrected chi connectivity index (χ2v) is 15.2. The smallest absolute Gasteiger partial charge is 0.345 e. The van der Waals surface area contributed by atoms with E-state index < -0.39 is 16.8 Å². The number of nitrogens with zero attached hydrogens (tertiary/aromatic N) is 3. The van der Waals surface area contributed by atoms with Gasteiger partial charge in [0.2, 0.25) is 5.91 Å². The van der Waals surface area contributed by atoms with Crippen LogP contribution in [0.2, 0.25) is 0 Å². The summed E-state index contributed by atoms with van der Waals surface area (Å²) in [6, 6.07) is 24.1. The number of fused-ring (bicyclic) bond motifs is 2. The van der Waals surface area contributed by atoms with Crippen LogP contribution in [0, 0.1) is 13.8 Å². The Balaban J connectivity index is 1.41. The highest BCUT2D eigenvalue weighted by molar-refractivity contribution is 7.85. The van der Waals surface area contributed by atoms with Crippen molar-refractivity contribution < 1.29 is 18.9 Å². The van der Waals surface area contributed by atoms with Crippen LogP contribution in [0.1, 0.15) is 19.4 Å². The zero-order valence-corrected chi connectivity index (χ0v) is 26.7. The molecule has 0 aliphatic carbocycles. The molecule has 1 N–H and O–H groups in total. The van der Waals surface area contributed by atoms with Gasteiger partial charge in [-0.2, -0.15) is 0 Å². The number of carboxylic acids is 1. The molecular weight excluding hydrogens is 611 g/mol. The van der Waals surface area contributed by atoms with Crippen molar-refractivity contribution in [1.29, 1.82) is 0 Å². The van der Waals surface area contributed by atoms with Gasteiger partial charge in [0.15, 0.2) is 0 Å². The number of rotatable bonds is 6. The van der Waals surface area contributed by atoms with Crippen LogP contribution in [-0.4, -0.2) is 60.2 Å². The lowest BCUT2D eigenvalue weighted by atomic mass is 9.99. The standard InChI is InChI=1S/C34H29N3O4S3/c1-20-16-25(21(2)42-20)27-11-8-23-17-24(9-10-26(23)35-27)32-31(22-6-4-3-5-7-22)33-28(18-29(43-33)34(39)40)37(32)19-30(38)36-12-14-44(41)15-13-36/h3-11,16-18H,12-15,19H2,1-2H3,(H,39,40). The van der Waals surface area contributed by atoms with Crippen LogP contribution < -0.4 is 0 Å². The highest BCUT2D eigenvalue weighted by Crippen LogP contribution is 2.45. The molecule has 7 nitrogen and oxygen atoms in total. The summed E-state index contributed by atoms with van der Waals surface area (Å²) in [5, 5.41) is 10.9. The monoisotopic (exact) mass is 639 g/mol. The van der Waals surface area contributed by atoms with E-state index >= 15 is 0 Å². The fourth-order valence-electron chi connectivity index (χ4n) is 6.00. The molecule has 1 aliphatic heterocycles. The Labute approximate surface area is 264 Å². The predicted octanol–water partition coefficient (Wildman–Crippen LogP) is 7.22. The molecule has 1 amide bonds. The van der Waals surface area contributed by atoms with Crippen molar-refractivity contribution in [3.63, 3.8) is 0 Å². The van der Waals surface area contributed by atoms with E-state index in [9.17, 15) is 18.9 Å². The SMILES string of the molecule is Cc1cc(-c2ccc3cc(-c4c(-c5ccccc5)c5sc(C(=O)O)cc5n4CC(=O)N4CCS(=O)CC4)ccc3n2)c(C)s1. The lowest BCUT2D eigenvalue weighted by Gasteiger charge is -2.27. The van der Waals surface area contributed by atoms with Gasteiger partial charge in [-0.15, -0.1) is 22.7 Å². The maximum atomic E-state index is 13.7. The van der Waals surface area contributed by atoms with Crippen molar-refractivity contribution in [2.24, 2.45) is 0 Å². The molecule has 222 valence electrons. The minimum Gasteiger partial charge on any atom is -0.477 e. The Morgan fingerprint density at radius 2 is 1.70 bits per heavy atom. The summed E-state index contributed by atoms with van der Waals surface area (Å²) in [7, 11) is -0.901. The first-order chi connectivity index (χ1) is 21.3. The van der Waals surface area contributed by atoms with Gasteiger partial charge >= 0.3 is 5.97 Å². The second kappa shape index (κ2) is 11.4. The molecule has 4 aromatic heterocycles. The van der Waals surface area contributed by atoms with Crippen LogP contribution in [0.15, 0.2) is 72.8 Å². The number of hydrogen-bond donors (Lipinski definition) is 1. The third-order valence-corrected chi connectivity index (χ3v) is 11.5. The number of benzene rings is 2. The van der Waals surface area contributed by atoms with Crippen LogP contribution in [0.25, 0.3) is 54.8 Å². The van der Waals surface area contributed by atoms with Crippen LogP contribution in [-0.2, 0) is 22.1 Å². The molecule has 5 heterocycles. The number of carboxylic acid groups (broad SMARTS) is 1. The molecule has 0 bridgehead atoms. The quantitative estimate of drug-likeness (QED) is 0.208. The number of carbonyl (C=O) groups is 2. The number of carbonyl (C=O) groups excluding carboxylic acids is 1. The number of pyridine rings is 1. The van der Waals surface area contributed by atoms with Crippen molar-refractivity contribution in [2.75, 3.05) is 24.6 Å². The first kappa shape index (κ1) is 28.6. The van der Waals surface area contributed by atoms with Crippen molar-refractivity contribution >= 4 is 66.5 Å². The first-order valence-electron chi connectivity index (χ1n) is 14.3. The van der Waals surface area contributed by atoms with E-state index in [2.05, 4.69) is 38.1 Å². The Morgan fingerprint density at radius 1 is 0.932 bits per heavy atom. The third-order valence-electron chi connectivity index (χ3n) is 8.11. The first-order valence-corrected chi connectivity index (χ1v) is 17.4. The van der Waals surface area contributed by atoms with Crippen molar-refractivity contribution in [2.45, 2.75) is 20.4 Å². The van der Waals surface area contributed by atoms with E-state index in [0.717, 1.165) is 49.2 Å². The highest BCUT2D eigenvalue weighted by Gasteiger charge is 2.27. The van der Waals surface area contributed by atoms with Gasteiger partial charge in [-0.3, -0.25) is 9.00 Å².